The smallest absolute Gasteiger partial charge is 0.0428 e. The van der Waals surface area contributed by atoms with Gasteiger partial charge in [-0.1, -0.05) is 32.6 Å². The van der Waals surface area contributed by atoms with Crippen LogP contribution in [0, 0.1) is 6.92 Å². The summed E-state index contributed by atoms with van der Waals surface area (Å²) in [6.45, 7) is 7.69. The predicted molar refractivity (Wildman–Crippen MR) is 63.0 cm³/mol. The van der Waals surface area contributed by atoms with E-state index in [1.165, 1.54) is 25.7 Å². The molecular weight excluding hydrogens is 174 g/mol. The van der Waals surface area contributed by atoms with Crippen molar-refractivity contribution in [3.63, 3.8) is 0 Å². The van der Waals surface area contributed by atoms with Crippen LogP contribution in [0.3, 0.4) is 0 Å². The molecule has 3 nitrogen and oxygen atoms in total. The summed E-state index contributed by atoms with van der Waals surface area (Å²) in [6, 6.07) is 0. The van der Waals surface area contributed by atoms with Gasteiger partial charge in [0.25, 0.3) is 0 Å². The van der Waals surface area contributed by atoms with Crippen molar-refractivity contribution in [2.24, 2.45) is 5.73 Å². The van der Waals surface area contributed by atoms with Crippen molar-refractivity contribution in [2.75, 3.05) is 26.3 Å². The molecule has 0 saturated carbocycles. The van der Waals surface area contributed by atoms with Gasteiger partial charge in [0.2, 0.25) is 0 Å². The van der Waals surface area contributed by atoms with Gasteiger partial charge in [-0.3, -0.25) is 0 Å². The molecule has 0 spiro atoms. The first-order valence-electron chi connectivity index (χ1n) is 5.82. The van der Waals surface area contributed by atoms with Crippen LogP contribution in [-0.2, 0) is 0 Å². The Morgan fingerprint density at radius 3 is 2.14 bits per heavy atom. The Balaban J connectivity index is 2.78. The second-order valence-corrected chi connectivity index (χ2v) is 3.58. The molecule has 0 aromatic rings. The van der Waals surface area contributed by atoms with Crippen molar-refractivity contribution in [3.8, 4) is 0 Å². The van der Waals surface area contributed by atoms with Gasteiger partial charge in [-0.15, -0.1) is 0 Å². The van der Waals surface area contributed by atoms with Gasteiger partial charge < -0.3 is 16.4 Å². The number of rotatable bonds is 11. The standard InChI is InChI=1S/C11H26N3/c1-2-3-4-5-6-8-13-9-7-10-14-11-12/h13-14H,1-12H2. The van der Waals surface area contributed by atoms with Crippen LogP contribution in [0.4, 0.5) is 0 Å². The molecule has 3 heteroatoms. The molecule has 0 saturated heterocycles. The Morgan fingerprint density at radius 2 is 1.43 bits per heavy atom. The molecule has 1 radical (unpaired) electrons. The maximum Gasteiger partial charge on any atom is 0.0428 e. The summed E-state index contributed by atoms with van der Waals surface area (Å²) in [4.78, 5) is 0. The Labute approximate surface area is 88.8 Å². The number of unbranched alkanes of at least 4 members (excludes halogenated alkanes) is 4. The Morgan fingerprint density at radius 1 is 0.786 bits per heavy atom. The Kier molecular flexibility index (Phi) is 12.8. The average molecular weight is 200 g/mol. The van der Waals surface area contributed by atoms with Crippen LogP contribution in [0.1, 0.15) is 38.5 Å². The molecule has 0 aliphatic rings. The van der Waals surface area contributed by atoms with Crippen LogP contribution in [0.25, 0.3) is 0 Å². The van der Waals surface area contributed by atoms with Gasteiger partial charge in [0.15, 0.2) is 0 Å². The third kappa shape index (κ3) is 11.9. The summed E-state index contributed by atoms with van der Waals surface area (Å²) in [5.41, 5.74) is 5.30. The Hall–Kier alpha value is -0.120. The van der Waals surface area contributed by atoms with E-state index < -0.39 is 0 Å². The first-order chi connectivity index (χ1) is 6.91. The van der Waals surface area contributed by atoms with E-state index in [-0.39, 0.29) is 0 Å². The van der Waals surface area contributed by atoms with Gasteiger partial charge in [0, 0.05) is 6.67 Å². The molecule has 0 atom stereocenters. The van der Waals surface area contributed by atoms with Gasteiger partial charge >= 0.3 is 0 Å². The number of hydrogen-bond donors (Lipinski definition) is 3. The Bertz CT molecular complexity index is 84.5. The minimum absolute atomic E-state index is 0.588. The first kappa shape index (κ1) is 13.9. The SMILES string of the molecule is [CH2]CCCCCCNCCCNCN. The summed E-state index contributed by atoms with van der Waals surface area (Å²) < 4.78 is 0. The van der Waals surface area contributed by atoms with Crippen molar-refractivity contribution in [1.29, 1.82) is 0 Å². The number of nitrogens with two attached hydrogens (primary N) is 1. The quantitative estimate of drug-likeness (QED) is 0.347. The van der Waals surface area contributed by atoms with Crippen LogP contribution in [0.15, 0.2) is 0 Å². The van der Waals surface area contributed by atoms with Crippen molar-refractivity contribution < 1.29 is 0 Å². The van der Waals surface area contributed by atoms with Crippen molar-refractivity contribution >= 4 is 0 Å². The van der Waals surface area contributed by atoms with Gasteiger partial charge in [-0.05, 0) is 32.5 Å². The van der Waals surface area contributed by atoms with E-state index in [9.17, 15) is 0 Å². The van der Waals surface area contributed by atoms with Crippen LogP contribution in [-0.4, -0.2) is 26.3 Å². The molecule has 4 N–H and O–H groups in total. The topological polar surface area (TPSA) is 50.1 Å². The van der Waals surface area contributed by atoms with E-state index in [2.05, 4.69) is 17.6 Å². The largest absolute Gasteiger partial charge is 0.318 e. The van der Waals surface area contributed by atoms with Crippen LogP contribution in [0.5, 0.6) is 0 Å². The molecule has 0 rings (SSSR count). The third-order valence-electron chi connectivity index (χ3n) is 2.20. The minimum atomic E-state index is 0.588. The molecule has 0 bridgehead atoms. The fraction of sp³-hybridized carbons (Fsp3) is 0.909. The number of nitrogens with one attached hydrogen (secondary N) is 2. The van der Waals surface area contributed by atoms with Crippen molar-refractivity contribution in [3.05, 3.63) is 6.92 Å². The molecule has 0 fully saturated rings. The molecule has 0 amide bonds. The molecule has 0 aromatic carbocycles. The van der Waals surface area contributed by atoms with Crippen molar-refractivity contribution in [2.45, 2.75) is 38.5 Å². The maximum absolute atomic E-state index is 5.30. The summed E-state index contributed by atoms with van der Waals surface area (Å²) in [7, 11) is 0. The zero-order chi connectivity index (χ0) is 10.5. The molecule has 0 aromatic heterocycles. The fourth-order valence-corrected chi connectivity index (χ4v) is 1.35. The maximum atomic E-state index is 5.30. The van der Waals surface area contributed by atoms with Gasteiger partial charge in [-0.2, -0.15) is 0 Å². The predicted octanol–water partition coefficient (Wildman–Crippen LogP) is 1.26. The van der Waals surface area contributed by atoms with E-state index in [4.69, 9.17) is 5.73 Å². The highest BCUT2D eigenvalue weighted by atomic mass is 15.0. The highest BCUT2D eigenvalue weighted by Crippen LogP contribution is 2.00. The van der Waals surface area contributed by atoms with Crippen LogP contribution >= 0.6 is 0 Å². The van der Waals surface area contributed by atoms with E-state index in [1.807, 2.05) is 0 Å². The lowest BCUT2D eigenvalue weighted by Crippen LogP contribution is -2.26. The summed E-state index contributed by atoms with van der Waals surface area (Å²) >= 11 is 0. The molecule has 0 unspecified atom stereocenters. The molecule has 0 aliphatic heterocycles. The number of hydrogen-bond acceptors (Lipinski definition) is 3. The van der Waals surface area contributed by atoms with Gasteiger partial charge in [0.05, 0.1) is 0 Å². The average Bonchev–Trinajstić information content (AvgIpc) is 2.21. The summed E-state index contributed by atoms with van der Waals surface area (Å²) in [5.74, 6) is 0. The summed E-state index contributed by atoms with van der Waals surface area (Å²) in [5, 5.41) is 6.52. The lowest BCUT2D eigenvalue weighted by atomic mass is 10.1. The lowest BCUT2D eigenvalue weighted by molar-refractivity contribution is 0.563. The third-order valence-corrected chi connectivity index (χ3v) is 2.20. The zero-order valence-corrected chi connectivity index (χ0v) is 9.36. The second-order valence-electron chi connectivity index (χ2n) is 3.58. The summed E-state index contributed by atoms with van der Waals surface area (Å²) in [6.07, 6.45) is 7.49. The van der Waals surface area contributed by atoms with E-state index >= 15 is 0 Å². The molecular formula is C11H26N3. The molecule has 0 aliphatic carbocycles. The highest BCUT2D eigenvalue weighted by Gasteiger charge is 1.89. The van der Waals surface area contributed by atoms with Crippen LogP contribution in [0.2, 0.25) is 0 Å². The van der Waals surface area contributed by atoms with E-state index in [0.29, 0.717) is 6.67 Å². The fourth-order valence-electron chi connectivity index (χ4n) is 1.35. The van der Waals surface area contributed by atoms with Gasteiger partial charge in [0.1, 0.15) is 0 Å². The molecule has 0 heterocycles. The van der Waals surface area contributed by atoms with Crippen LogP contribution < -0.4 is 16.4 Å². The van der Waals surface area contributed by atoms with E-state index in [0.717, 1.165) is 32.5 Å². The van der Waals surface area contributed by atoms with Crippen molar-refractivity contribution in [1.82, 2.24) is 10.6 Å². The highest BCUT2D eigenvalue weighted by molar-refractivity contribution is 4.52. The molecule has 14 heavy (non-hydrogen) atoms. The normalized spacial score (nSPS) is 10.7. The van der Waals surface area contributed by atoms with E-state index in [1.54, 1.807) is 0 Å². The van der Waals surface area contributed by atoms with Gasteiger partial charge in [-0.25, -0.2) is 0 Å². The monoisotopic (exact) mass is 200 g/mol. The minimum Gasteiger partial charge on any atom is -0.318 e. The molecule has 85 valence electrons. The zero-order valence-electron chi connectivity index (χ0n) is 9.36. The second kappa shape index (κ2) is 12.9. The lowest BCUT2D eigenvalue weighted by Gasteiger charge is -2.04. The first-order valence-corrected chi connectivity index (χ1v) is 5.82.